The molecule has 3 nitrogen and oxygen atoms in total. The number of epoxide rings is 1. The first kappa shape index (κ1) is 13.2. The van der Waals surface area contributed by atoms with Crippen molar-refractivity contribution in [3.05, 3.63) is 65.7 Å². The molecule has 0 bridgehead atoms. The van der Waals surface area contributed by atoms with Crippen LogP contribution in [0.2, 0.25) is 0 Å². The summed E-state index contributed by atoms with van der Waals surface area (Å²) in [5.41, 5.74) is 2.28. The van der Waals surface area contributed by atoms with Crippen LogP contribution < -0.4 is 4.74 Å². The zero-order valence-corrected chi connectivity index (χ0v) is 11.5. The average molecular weight is 270 g/mol. The average Bonchev–Trinajstić information content (AvgIpc) is 3.28. The second kappa shape index (κ2) is 6.07. The standard InChI is InChI=1S/C17H18O3/c1-18-15-10-6-5-9-14(15)11-19-12-16-17(20-16)13-7-3-2-4-8-13/h2-10,16-17H,11-12H2,1H3/t16-,17-/m0/s1. The highest BCUT2D eigenvalue weighted by atomic mass is 16.6. The summed E-state index contributed by atoms with van der Waals surface area (Å²) >= 11 is 0. The van der Waals surface area contributed by atoms with Gasteiger partial charge in [-0.05, 0) is 11.6 Å². The van der Waals surface area contributed by atoms with E-state index in [1.165, 1.54) is 5.56 Å². The Balaban J connectivity index is 1.48. The summed E-state index contributed by atoms with van der Waals surface area (Å²) in [6.45, 7) is 1.16. The minimum atomic E-state index is 0.173. The molecule has 20 heavy (non-hydrogen) atoms. The molecule has 2 aromatic rings. The fourth-order valence-electron chi connectivity index (χ4n) is 2.31. The number of para-hydroxylation sites is 1. The van der Waals surface area contributed by atoms with E-state index in [9.17, 15) is 0 Å². The van der Waals surface area contributed by atoms with E-state index in [2.05, 4.69) is 12.1 Å². The number of hydrogen-bond donors (Lipinski definition) is 0. The lowest BCUT2D eigenvalue weighted by Crippen LogP contribution is -2.03. The lowest BCUT2D eigenvalue weighted by molar-refractivity contribution is 0.102. The molecule has 0 amide bonds. The SMILES string of the molecule is COc1ccccc1COC[C@@H]1O[C@H]1c1ccccc1. The van der Waals surface area contributed by atoms with Crippen LogP contribution in [0, 0.1) is 0 Å². The Morgan fingerprint density at radius 2 is 1.75 bits per heavy atom. The first-order valence-electron chi connectivity index (χ1n) is 6.78. The molecule has 0 radical (unpaired) electrons. The molecule has 3 heteroatoms. The monoisotopic (exact) mass is 270 g/mol. The fourth-order valence-corrected chi connectivity index (χ4v) is 2.31. The normalized spacial score (nSPS) is 20.6. The maximum Gasteiger partial charge on any atom is 0.124 e. The first-order valence-corrected chi connectivity index (χ1v) is 6.78. The lowest BCUT2D eigenvalue weighted by Gasteiger charge is -2.08. The molecule has 1 aliphatic heterocycles. The summed E-state index contributed by atoms with van der Waals surface area (Å²) in [7, 11) is 1.67. The molecule has 2 aromatic carbocycles. The minimum absolute atomic E-state index is 0.173. The van der Waals surface area contributed by atoms with Crippen LogP contribution in [0.3, 0.4) is 0 Å². The van der Waals surface area contributed by atoms with Crippen molar-refractivity contribution in [2.24, 2.45) is 0 Å². The van der Waals surface area contributed by atoms with Gasteiger partial charge in [-0.15, -0.1) is 0 Å². The van der Waals surface area contributed by atoms with Gasteiger partial charge in [-0.1, -0.05) is 48.5 Å². The Morgan fingerprint density at radius 1 is 1.00 bits per heavy atom. The van der Waals surface area contributed by atoms with Crippen molar-refractivity contribution in [2.75, 3.05) is 13.7 Å². The molecule has 1 aliphatic rings. The Bertz CT molecular complexity index is 553. The smallest absolute Gasteiger partial charge is 0.124 e. The number of methoxy groups -OCH3 is 1. The lowest BCUT2D eigenvalue weighted by atomic mass is 10.1. The Labute approximate surface area is 119 Å². The molecule has 0 unspecified atom stereocenters. The van der Waals surface area contributed by atoms with Gasteiger partial charge >= 0.3 is 0 Å². The van der Waals surface area contributed by atoms with Crippen LogP contribution in [0.4, 0.5) is 0 Å². The van der Waals surface area contributed by atoms with Crippen molar-refractivity contribution < 1.29 is 14.2 Å². The van der Waals surface area contributed by atoms with Gasteiger partial charge in [0.15, 0.2) is 0 Å². The molecule has 0 N–H and O–H groups in total. The van der Waals surface area contributed by atoms with Gasteiger partial charge in [0.25, 0.3) is 0 Å². The van der Waals surface area contributed by atoms with E-state index in [0.717, 1.165) is 11.3 Å². The number of rotatable bonds is 6. The molecule has 0 aromatic heterocycles. The van der Waals surface area contributed by atoms with Crippen molar-refractivity contribution in [3.8, 4) is 5.75 Å². The highest BCUT2D eigenvalue weighted by Crippen LogP contribution is 2.38. The molecule has 1 fully saturated rings. The van der Waals surface area contributed by atoms with Crippen molar-refractivity contribution >= 4 is 0 Å². The third kappa shape index (κ3) is 3.00. The second-order valence-corrected chi connectivity index (χ2v) is 4.83. The second-order valence-electron chi connectivity index (χ2n) is 4.83. The molecule has 3 rings (SSSR count). The summed E-state index contributed by atoms with van der Waals surface area (Å²) in [6.07, 6.45) is 0.362. The molecule has 104 valence electrons. The van der Waals surface area contributed by atoms with Crippen LogP contribution in [0.25, 0.3) is 0 Å². The van der Waals surface area contributed by atoms with Crippen LogP contribution in [-0.4, -0.2) is 19.8 Å². The van der Waals surface area contributed by atoms with E-state index in [-0.39, 0.29) is 12.2 Å². The van der Waals surface area contributed by atoms with Crippen LogP contribution in [0.1, 0.15) is 17.2 Å². The number of hydrogen-bond acceptors (Lipinski definition) is 3. The molecule has 0 aliphatic carbocycles. The summed E-state index contributed by atoms with van der Waals surface area (Å²) in [6, 6.07) is 18.2. The van der Waals surface area contributed by atoms with Gasteiger partial charge in [0.2, 0.25) is 0 Å². The molecular formula is C17H18O3. The first-order chi connectivity index (χ1) is 9.88. The zero-order chi connectivity index (χ0) is 13.8. The maximum absolute atomic E-state index is 5.73. The Kier molecular flexibility index (Phi) is 4.00. The minimum Gasteiger partial charge on any atom is -0.496 e. The molecule has 1 saturated heterocycles. The van der Waals surface area contributed by atoms with Crippen LogP contribution in [0.5, 0.6) is 5.75 Å². The summed E-state index contributed by atoms with van der Waals surface area (Å²) in [4.78, 5) is 0. The Hall–Kier alpha value is -1.84. The molecule has 1 heterocycles. The quantitative estimate of drug-likeness (QED) is 0.754. The largest absolute Gasteiger partial charge is 0.496 e. The van der Waals surface area contributed by atoms with Gasteiger partial charge in [0.05, 0.1) is 20.3 Å². The summed E-state index contributed by atoms with van der Waals surface area (Å²) in [5, 5.41) is 0. The van der Waals surface area contributed by atoms with Crippen molar-refractivity contribution in [1.29, 1.82) is 0 Å². The predicted octanol–water partition coefficient (Wildman–Crippen LogP) is 3.35. The fraction of sp³-hybridized carbons (Fsp3) is 0.294. The molecule has 0 spiro atoms. The summed E-state index contributed by atoms with van der Waals surface area (Å²) in [5.74, 6) is 0.865. The van der Waals surface area contributed by atoms with E-state index in [1.54, 1.807) is 7.11 Å². The van der Waals surface area contributed by atoms with E-state index >= 15 is 0 Å². The zero-order valence-electron chi connectivity index (χ0n) is 11.5. The number of benzene rings is 2. The molecular weight excluding hydrogens is 252 g/mol. The van der Waals surface area contributed by atoms with Crippen LogP contribution in [-0.2, 0) is 16.1 Å². The highest BCUT2D eigenvalue weighted by molar-refractivity contribution is 5.32. The van der Waals surface area contributed by atoms with Crippen molar-refractivity contribution in [1.82, 2.24) is 0 Å². The predicted molar refractivity (Wildman–Crippen MR) is 76.7 cm³/mol. The van der Waals surface area contributed by atoms with Gasteiger partial charge in [-0.2, -0.15) is 0 Å². The number of ether oxygens (including phenoxy) is 3. The van der Waals surface area contributed by atoms with Crippen LogP contribution >= 0.6 is 0 Å². The Morgan fingerprint density at radius 3 is 2.55 bits per heavy atom. The van der Waals surface area contributed by atoms with Crippen molar-refractivity contribution in [3.63, 3.8) is 0 Å². The maximum atomic E-state index is 5.73. The summed E-state index contributed by atoms with van der Waals surface area (Å²) < 4.78 is 16.7. The van der Waals surface area contributed by atoms with E-state index in [1.807, 2.05) is 42.5 Å². The van der Waals surface area contributed by atoms with E-state index in [4.69, 9.17) is 14.2 Å². The van der Waals surface area contributed by atoms with Gasteiger partial charge in [0.1, 0.15) is 18.0 Å². The van der Waals surface area contributed by atoms with Gasteiger partial charge in [-0.3, -0.25) is 0 Å². The van der Waals surface area contributed by atoms with Crippen molar-refractivity contribution in [2.45, 2.75) is 18.8 Å². The van der Waals surface area contributed by atoms with Gasteiger partial charge < -0.3 is 14.2 Å². The molecule has 0 saturated carbocycles. The highest BCUT2D eigenvalue weighted by Gasteiger charge is 2.40. The van der Waals surface area contributed by atoms with E-state index < -0.39 is 0 Å². The van der Waals surface area contributed by atoms with E-state index in [0.29, 0.717) is 13.2 Å². The third-order valence-electron chi connectivity index (χ3n) is 3.44. The van der Waals surface area contributed by atoms with Gasteiger partial charge in [0, 0.05) is 5.56 Å². The molecule has 2 atom stereocenters. The van der Waals surface area contributed by atoms with Gasteiger partial charge in [-0.25, -0.2) is 0 Å². The topological polar surface area (TPSA) is 31.0 Å². The third-order valence-corrected chi connectivity index (χ3v) is 3.44. The van der Waals surface area contributed by atoms with Crippen LogP contribution in [0.15, 0.2) is 54.6 Å².